The number of benzene rings is 3. The van der Waals surface area contributed by atoms with Crippen LogP contribution in [0.4, 0.5) is 4.39 Å². The molecule has 0 saturated carbocycles. The number of aliphatic carboxylic acids is 1. The van der Waals surface area contributed by atoms with E-state index in [9.17, 15) is 14.3 Å². The smallest absolute Gasteiger partial charge is 0.345 e. The van der Waals surface area contributed by atoms with Gasteiger partial charge in [0.2, 0.25) is 12.0 Å². The molecule has 3 aromatic carbocycles. The van der Waals surface area contributed by atoms with Crippen LogP contribution in [-0.2, 0) is 46.2 Å². The molecule has 4 bridgehead atoms. The van der Waals surface area contributed by atoms with Crippen molar-refractivity contribution < 1.29 is 61.7 Å². The van der Waals surface area contributed by atoms with E-state index in [1.807, 2.05) is 13.8 Å². The summed E-state index contributed by atoms with van der Waals surface area (Å²) in [5, 5.41) is 12.0. The third-order valence-corrected chi connectivity index (χ3v) is 17.0. The van der Waals surface area contributed by atoms with Crippen LogP contribution < -0.4 is 18.9 Å². The van der Waals surface area contributed by atoms with E-state index in [4.69, 9.17) is 75.6 Å². The molecule has 4 aliphatic rings. The van der Waals surface area contributed by atoms with Crippen LogP contribution in [0.25, 0.3) is 37.4 Å². The molecule has 3 aliphatic heterocycles. The summed E-state index contributed by atoms with van der Waals surface area (Å²) in [5.41, 5.74) is 5.39. The number of thiophene rings is 1. The molecular formula is C61H73Cl2FN6O12S. The molecule has 1 fully saturated rings. The van der Waals surface area contributed by atoms with E-state index in [1.54, 1.807) is 49.7 Å². The molecule has 0 spiro atoms. The molecule has 10 rings (SSSR count). The molecule has 1 aliphatic carbocycles. The fourth-order valence-corrected chi connectivity index (χ4v) is 11.8. The molecule has 6 aromatic rings. The second kappa shape index (κ2) is 29.9. The van der Waals surface area contributed by atoms with Gasteiger partial charge in [0.25, 0.3) is 0 Å². The molecule has 6 heterocycles. The van der Waals surface area contributed by atoms with Gasteiger partial charge in [-0.1, -0.05) is 48.3 Å². The molecule has 3 aromatic heterocycles. The van der Waals surface area contributed by atoms with Crippen molar-refractivity contribution in [1.29, 1.82) is 0 Å². The van der Waals surface area contributed by atoms with Gasteiger partial charge in [-0.2, -0.15) is 0 Å². The van der Waals surface area contributed by atoms with Crippen molar-refractivity contribution in [2.75, 3.05) is 126 Å². The van der Waals surface area contributed by atoms with E-state index in [0.717, 1.165) is 51.0 Å². The lowest BCUT2D eigenvalue weighted by Crippen LogP contribution is -2.49. The van der Waals surface area contributed by atoms with Crippen LogP contribution in [0.2, 0.25) is 10.0 Å². The summed E-state index contributed by atoms with van der Waals surface area (Å²) in [6.45, 7) is 15.8. The summed E-state index contributed by atoms with van der Waals surface area (Å²) >= 11 is 16.1. The molecule has 1 saturated heterocycles. The van der Waals surface area contributed by atoms with Crippen molar-refractivity contribution in [2.45, 2.75) is 65.3 Å². The van der Waals surface area contributed by atoms with E-state index in [0.29, 0.717) is 167 Å². The van der Waals surface area contributed by atoms with Gasteiger partial charge < -0.3 is 57.4 Å². The summed E-state index contributed by atoms with van der Waals surface area (Å²) in [6.07, 6.45) is 5.54. The molecule has 0 unspecified atom stereocenters. The maximum absolute atomic E-state index is 14.5. The predicted octanol–water partition coefficient (Wildman–Crippen LogP) is 10.2. The molecular weight excluding hydrogens is 1130 g/mol. The van der Waals surface area contributed by atoms with Gasteiger partial charge in [0.15, 0.2) is 11.6 Å². The lowest BCUT2D eigenvalue weighted by molar-refractivity contribution is -0.145. The Balaban J connectivity index is 0.909. The molecule has 1 N–H and O–H groups in total. The first kappa shape index (κ1) is 61.9. The number of nitrogens with zero attached hydrogens (tertiary/aromatic N) is 6. The van der Waals surface area contributed by atoms with Crippen LogP contribution in [0.3, 0.4) is 0 Å². The zero-order valence-electron chi connectivity index (χ0n) is 47.7. The minimum atomic E-state index is -1.48. The van der Waals surface area contributed by atoms with Gasteiger partial charge in [0.1, 0.15) is 47.8 Å². The number of fused-ring (bicyclic) bond motifs is 7. The fraction of sp³-hybridized carbons (Fsp3) is 0.492. The number of hydrogen-bond donors (Lipinski definition) is 1. The number of halogens is 3. The minimum Gasteiger partial charge on any atom is -0.490 e. The Morgan fingerprint density at radius 2 is 1.52 bits per heavy atom. The number of hydrogen-bond acceptors (Lipinski definition) is 18. The first-order valence-corrected chi connectivity index (χ1v) is 29.6. The lowest BCUT2D eigenvalue weighted by Gasteiger charge is -2.35. The molecule has 0 amide bonds. The highest BCUT2D eigenvalue weighted by atomic mass is 35.5. The third-order valence-electron chi connectivity index (χ3n) is 14.9. The number of piperazine rings is 1. The largest absolute Gasteiger partial charge is 0.490 e. The SMILES string of the molecule is COCCOCCOCCOCCOCCOC[C@]1(C)CC=C(c2nccc(COc3ccc4cc3C[C@H](C(=O)O)Oc3ncnc5sc(-c6ccc(F)cc6)c(c35)-c3c(C)c(Cl)c(c(Cl)c3C)O[C@H](CN3CCN(C)CC3)CO4)n2)CC1. The Bertz CT molecular complexity index is 3140. The normalized spacial score (nSPS) is 18.8. The predicted molar refractivity (Wildman–Crippen MR) is 316 cm³/mol. The zero-order chi connectivity index (χ0) is 58.3. The van der Waals surface area contributed by atoms with Crippen LogP contribution >= 0.6 is 34.5 Å². The summed E-state index contributed by atoms with van der Waals surface area (Å²) in [7, 11) is 3.75. The average molecular weight is 1200 g/mol. The topological polar surface area (TPSA) is 188 Å². The van der Waals surface area contributed by atoms with E-state index in [-0.39, 0.29) is 30.9 Å². The summed E-state index contributed by atoms with van der Waals surface area (Å²) in [5.74, 6) is 0.182. The van der Waals surface area contributed by atoms with Crippen LogP contribution in [0.15, 0.2) is 67.1 Å². The molecule has 446 valence electrons. The number of carboxylic acids is 1. The fourth-order valence-electron chi connectivity index (χ4n) is 10.2. The number of ether oxygens (including phenoxy) is 10. The van der Waals surface area contributed by atoms with E-state index >= 15 is 0 Å². The Morgan fingerprint density at radius 1 is 0.843 bits per heavy atom. The molecule has 83 heavy (non-hydrogen) atoms. The molecule has 18 nitrogen and oxygen atoms in total. The van der Waals surface area contributed by atoms with Crippen LogP contribution in [-0.4, -0.2) is 179 Å². The highest BCUT2D eigenvalue weighted by Gasteiger charge is 2.33. The van der Waals surface area contributed by atoms with Crippen LogP contribution in [0.1, 0.15) is 54.4 Å². The van der Waals surface area contributed by atoms with Crippen LogP contribution in [0.5, 0.6) is 23.1 Å². The Hall–Kier alpha value is -5.62. The number of likely N-dealkylation sites (N-methyl/N-ethyl adjacent to an activating group) is 1. The Labute approximate surface area is 498 Å². The number of rotatable bonds is 25. The molecule has 3 atom stereocenters. The summed E-state index contributed by atoms with van der Waals surface area (Å²) < 4.78 is 74.2. The quantitative estimate of drug-likeness (QED) is 0.0533. The number of carbonyl (C=O) groups is 1. The molecule has 0 radical (unpaired) electrons. The Kier molecular flexibility index (Phi) is 22.3. The van der Waals surface area contributed by atoms with Crippen molar-refractivity contribution in [3.05, 3.63) is 111 Å². The number of methoxy groups -OCH3 is 1. The minimum absolute atomic E-state index is 0.0241. The van der Waals surface area contributed by atoms with E-state index in [2.05, 4.69) is 44.8 Å². The van der Waals surface area contributed by atoms with Crippen molar-refractivity contribution in [2.24, 2.45) is 5.41 Å². The molecule has 22 heteroatoms. The highest BCUT2D eigenvalue weighted by molar-refractivity contribution is 7.22. The van der Waals surface area contributed by atoms with Gasteiger partial charge in [-0.05, 0) is 110 Å². The Morgan fingerprint density at radius 3 is 2.17 bits per heavy atom. The van der Waals surface area contributed by atoms with Crippen molar-refractivity contribution >= 4 is 56.3 Å². The third kappa shape index (κ3) is 16.4. The standard InChI is InChI=1S/C61H73Cl2FN6O12S/c1-39-50-40(2)54(63)55(53(39)62)81-47(34-70-20-18-69(4)19-21-70)36-79-46-10-11-48(43(32-46)33-49(60(71)72)82-58-52-51(50)56(83-59(52)67-38-66-58)41-6-8-44(64)9-7-41)80-35-45-14-17-65-57(68-45)42-12-15-61(3,16-13-42)37-78-31-30-77-29-28-76-27-26-75-25-24-74-23-22-73-5/h6-12,14,17,32,38,47,49H,13,15-16,18-31,33-37H2,1-5H3,(H,71,72)/t47-,49-,61-/m1/s1. The van der Waals surface area contributed by atoms with Gasteiger partial charge >= 0.3 is 5.97 Å². The summed E-state index contributed by atoms with van der Waals surface area (Å²) in [4.78, 5) is 38.1. The number of carboxylic acid groups (broad SMARTS) is 1. The van der Waals surface area contributed by atoms with Crippen molar-refractivity contribution in [3.8, 4) is 44.7 Å². The second-order valence-corrected chi connectivity index (χ2v) is 23.0. The maximum Gasteiger partial charge on any atom is 0.345 e. The van der Waals surface area contributed by atoms with Gasteiger partial charge in [-0.25, -0.2) is 29.1 Å². The van der Waals surface area contributed by atoms with Gasteiger partial charge in [-0.3, -0.25) is 4.90 Å². The monoisotopic (exact) mass is 1200 g/mol. The zero-order valence-corrected chi connectivity index (χ0v) is 50.1. The first-order valence-electron chi connectivity index (χ1n) is 28.0. The van der Waals surface area contributed by atoms with Crippen LogP contribution in [0, 0.1) is 25.1 Å². The van der Waals surface area contributed by atoms with Crippen molar-refractivity contribution in [1.82, 2.24) is 29.7 Å². The van der Waals surface area contributed by atoms with Gasteiger partial charge in [-0.15, -0.1) is 11.3 Å². The number of allylic oxidation sites excluding steroid dienone is 2. The first-order chi connectivity index (χ1) is 40.3. The van der Waals surface area contributed by atoms with E-state index in [1.165, 1.54) is 29.8 Å². The number of aromatic nitrogens is 4. The summed E-state index contributed by atoms with van der Waals surface area (Å²) in [6, 6.07) is 13.3. The highest BCUT2D eigenvalue weighted by Crippen LogP contribution is 2.53. The van der Waals surface area contributed by atoms with E-state index < -0.39 is 24.0 Å². The van der Waals surface area contributed by atoms with Gasteiger partial charge in [0.05, 0.1) is 93.8 Å². The second-order valence-electron chi connectivity index (χ2n) is 21.2. The van der Waals surface area contributed by atoms with Gasteiger partial charge in [0, 0.05) is 68.5 Å². The maximum atomic E-state index is 14.5. The lowest BCUT2D eigenvalue weighted by atomic mass is 9.77. The van der Waals surface area contributed by atoms with Crippen molar-refractivity contribution in [3.63, 3.8) is 0 Å². The average Bonchev–Trinajstić information content (AvgIpc) is 2.06.